The monoisotopic (exact) mass is 324 g/mol. The number of amides is 1. The van der Waals surface area contributed by atoms with E-state index >= 15 is 0 Å². The smallest absolute Gasteiger partial charge is 0.240 e. The van der Waals surface area contributed by atoms with Crippen LogP contribution >= 0.6 is 0 Å². The Kier molecular flexibility index (Phi) is 5.54. The van der Waals surface area contributed by atoms with E-state index in [9.17, 15) is 4.79 Å². The van der Waals surface area contributed by atoms with E-state index in [1.54, 1.807) is 23.5 Å². The predicted octanol–water partition coefficient (Wildman–Crippen LogP) is 2.49. The van der Waals surface area contributed by atoms with Gasteiger partial charge in [0.15, 0.2) is 0 Å². The maximum atomic E-state index is 12.9. The standard InChI is InChI=1S/C19H24N4O/c1-22(15-17-13-20-10-11-21-17)19(24)18-9-5-6-12-23(18)14-16-7-3-2-4-8-16/h2-4,7-8,10-11,13,18H,5-6,9,12,14-15H2,1H3. The Balaban J connectivity index is 1.66. The number of hydrogen-bond donors (Lipinski definition) is 0. The van der Waals surface area contributed by atoms with Crippen LogP contribution in [0, 0.1) is 0 Å². The first-order valence-corrected chi connectivity index (χ1v) is 8.52. The van der Waals surface area contributed by atoms with Crippen LogP contribution in [0.25, 0.3) is 0 Å². The molecule has 0 bridgehead atoms. The second kappa shape index (κ2) is 8.02. The quantitative estimate of drug-likeness (QED) is 0.848. The molecular weight excluding hydrogens is 300 g/mol. The summed E-state index contributed by atoms with van der Waals surface area (Å²) >= 11 is 0. The Hall–Kier alpha value is -2.27. The van der Waals surface area contributed by atoms with Crippen LogP contribution in [0.3, 0.4) is 0 Å². The van der Waals surface area contributed by atoms with Crippen LogP contribution in [-0.4, -0.2) is 45.3 Å². The van der Waals surface area contributed by atoms with Gasteiger partial charge in [0, 0.05) is 26.0 Å². The lowest BCUT2D eigenvalue weighted by atomic mass is 10.00. The molecular formula is C19H24N4O. The molecule has 1 aliphatic heterocycles. The van der Waals surface area contributed by atoms with Crippen molar-refractivity contribution in [3.05, 3.63) is 60.2 Å². The minimum atomic E-state index is -0.0411. The van der Waals surface area contributed by atoms with E-state index in [-0.39, 0.29) is 11.9 Å². The van der Waals surface area contributed by atoms with Crippen LogP contribution in [-0.2, 0) is 17.9 Å². The number of benzene rings is 1. The topological polar surface area (TPSA) is 49.3 Å². The van der Waals surface area contributed by atoms with Crippen LogP contribution in [0.5, 0.6) is 0 Å². The van der Waals surface area contributed by atoms with Crippen molar-refractivity contribution in [3.8, 4) is 0 Å². The average Bonchev–Trinajstić information content (AvgIpc) is 2.63. The fraction of sp³-hybridized carbons (Fsp3) is 0.421. The number of nitrogens with zero attached hydrogens (tertiary/aromatic N) is 4. The number of aromatic nitrogens is 2. The van der Waals surface area contributed by atoms with Crippen LogP contribution in [0.4, 0.5) is 0 Å². The molecule has 24 heavy (non-hydrogen) atoms. The zero-order chi connectivity index (χ0) is 16.8. The van der Waals surface area contributed by atoms with Crippen molar-refractivity contribution in [3.63, 3.8) is 0 Å². The summed E-state index contributed by atoms with van der Waals surface area (Å²) in [5, 5.41) is 0. The fourth-order valence-electron chi connectivity index (χ4n) is 3.26. The Bertz CT molecular complexity index is 647. The molecule has 1 amide bonds. The SMILES string of the molecule is CN(Cc1cnccn1)C(=O)C1CCCCN1Cc1ccccc1. The lowest BCUT2D eigenvalue weighted by Crippen LogP contribution is -2.49. The fourth-order valence-corrected chi connectivity index (χ4v) is 3.26. The van der Waals surface area contributed by atoms with E-state index in [4.69, 9.17) is 0 Å². The molecule has 5 nitrogen and oxygen atoms in total. The largest absolute Gasteiger partial charge is 0.338 e. The van der Waals surface area contributed by atoms with Gasteiger partial charge in [-0.25, -0.2) is 0 Å². The Morgan fingerprint density at radius 2 is 2.08 bits per heavy atom. The molecule has 5 heteroatoms. The van der Waals surface area contributed by atoms with Crippen molar-refractivity contribution in [1.82, 2.24) is 19.8 Å². The number of carbonyl (C=O) groups excluding carboxylic acids is 1. The molecule has 1 aliphatic rings. The highest BCUT2D eigenvalue weighted by Crippen LogP contribution is 2.21. The van der Waals surface area contributed by atoms with Crippen molar-refractivity contribution in [2.45, 2.75) is 38.4 Å². The van der Waals surface area contributed by atoms with Crippen LogP contribution in [0.15, 0.2) is 48.9 Å². The molecule has 1 saturated heterocycles. The van der Waals surface area contributed by atoms with E-state index < -0.39 is 0 Å². The average molecular weight is 324 g/mol. The van der Waals surface area contributed by atoms with Gasteiger partial charge in [-0.3, -0.25) is 19.7 Å². The van der Waals surface area contributed by atoms with Crippen molar-refractivity contribution in [1.29, 1.82) is 0 Å². The van der Waals surface area contributed by atoms with Gasteiger partial charge in [0.05, 0.1) is 24.5 Å². The van der Waals surface area contributed by atoms with Gasteiger partial charge in [0.1, 0.15) is 0 Å². The van der Waals surface area contributed by atoms with E-state index in [0.717, 1.165) is 38.0 Å². The summed E-state index contributed by atoms with van der Waals surface area (Å²) in [5.41, 5.74) is 2.08. The second-order valence-electron chi connectivity index (χ2n) is 6.36. The van der Waals surface area contributed by atoms with Crippen LogP contribution < -0.4 is 0 Å². The normalized spacial score (nSPS) is 18.3. The molecule has 2 aromatic rings. The number of likely N-dealkylation sites (tertiary alicyclic amines) is 1. The zero-order valence-corrected chi connectivity index (χ0v) is 14.1. The van der Waals surface area contributed by atoms with Crippen molar-refractivity contribution in [2.24, 2.45) is 0 Å². The lowest BCUT2D eigenvalue weighted by molar-refractivity contribution is -0.137. The summed E-state index contributed by atoms with van der Waals surface area (Å²) in [6, 6.07) is 10.3. The molecule has 1 atom stereocenters. The summed E-state index contributed by atoms with van der Waals surface area (Å²) in [6.45, 7) is 2.31. The third-order valence-electron chi connectivity index (χ3n) is 4.52. The maximum Gasteiger partial charge on any atom is 0.240 e. The van der Waals surface area contributed by atoms with Crippen molar-refractivity contribution >= 4 is 5.91 Å². The molecule has 1 aromatic heterocycles. The molecule has 1 aromatic carbocycles. The number of carbonyl (C=O) groups is 1. The minimum Gasteiger partial charge on any atom is -0.338 e. The van der Waals surface area contributed by atoms with E-state index in [0.29, 0.717) is 6.54 Å². The van der Waals surface area contributed by atoms with Gasteiger partial charge in [0.25, 0.3) is 0 Å². The van der Waals surface area contributed by atoms with Gasteiger partial charge in [0.2, 0.25) is 5.91 Å². The summed E-state index contributed by atoms with van der Waals surface area (Å²) in [4.78, 5) is 25.4. The third kappa shape index (κ3) is 4.17. The summed E-state index contributed by atoms with van der Waals surface area (Å²) in [5.74, 6) is 0.177. The molecule has 0 aliphatic carbocycles. The summed E-state index contributed by atoms with van der Waals surface area (Å²) in [7, 11) is 1.85. The first-order chi connectivity index (χ1) is 11.7. The maximum absolute atomic E-state index is 12.9. The van der Waals surface area contributed by atoms with Gasteiger partial charge in [-0.15, -0.1) is 0 Å². The Labute approximate surface area is 143 Å². The van der Waals surface area contributed by atoms with Crippen LogP contribution in [0.1, 0.15) is 30.5 Å². The Morgan fingerprint density at radius 3 is 2.83 bits per heavy atom. The van der Waals surface area contributed by atoms with Gasteiger partial charge >= 0.3 is 0 Å². The number of piperidine rings is 1. The molecule has 0 spiro atoms. The molecule has 0 radical (unpaired) electrons. The molecule has 1 unspecified atom stereocenters. The highest BCUT2D eigenvalue weighted by atomic mass is 16.2. The van der Waals surface area contributed by atoms with Gasteiger partial charge in [-0.1, -0.05) is 36.8 Å². The lowest BCUT2D eigenvalue weighted by Gasteiger charge is -2.36. The molecule has 0 N–H and O–H groups in total. The summed E-state index contributed by atoms with van der Waals surface area (Å²) < 4.78 is 0. The molecule has 2 heterocycles. The number of rotatable bonds is 5. The van der Waals surface area contributed by atoms with Crippen LogP contribution in [0.2, 0.25) is 0 Å². The van der Waals surface area contributed by atoms with Gasteiger partial charge in [-0.05, 0) is 24.9 Å². The van der Waals surface area contributed by atoms with E-state index in [2.05, 4.69) is 39.1 Å². The highest BCUT2D eigenvalue weighted by Gasteiger charge is 2.30. The first-order valence-electron chi connectivity index (χ1n) is 8.52. The molecule has 3 rings (SSSR count). The third-order valence-corrected chi connectivity index (χ3v) is 4.52. The second-order valence-corrected chi connectivity index (χ2v) is 6.36. The number of likely N-dealkylation sites (N-methyl/N-ethyl adjacent to an activating group) is 1. The number of hydrogen-bond acceptors (Lipinski definition) is 4. The van der Waals surface area contributed by atoms with Crippen molar-refractivity contribution in [2.75, 3.05) is 13.6 Å². The van der Waals surface area contributed by atoms with Gasteiger partial charge in [-0.2, -0.15) is 0 Å². The molecule has 126 valence electrons. The van der Waals surface area contributed by atoms with E-state index in [1.807, 2.05) is 13.1 Å². The first kappa shape index (κ1) is 16.6. The molecule has 0 saturated carbocycles. The predicted molar refractivity (Wildman–Crippen MR) is 93.0 cm³/mol. The van der Waals surface area contributed by atoms with Crippen molar-refractivity contribution < 1.29 is 4.79 Å². The summed E-state index contributed by atoms with van der Waals surface area (Å²) in [6.07, 6.45) is 8.22. The zero-order valence-electron chi connectivity index (χ0n) is 14.1. The molecule has 1 fully saturated rings. The van der Waals surface area contributed by atoms with E-state index in [1.165, 1.54) is 5.56 Å². The Morgan fingerprint density at radius 1 is 1.25 bits per heavy atom. The van der Waals surface area contributed by atoms with Gasteiger partial charge < -0.3 is 4.90 Å². The highest BCUT2D eigenvalue weighted by molar-refractivity contribution is 5.81. The minimum absolute atomic E-state index is 0.0411.